The lowest BCUT2D eigenvalue weighted by molar-refractivity contribution is -0.302. The molecule has 1 rings (SSSR count). The van der Waals surface area contributed by atoms with E-state index in [0.717, 1.165) is 44.4 Å². The van der Waals surface area contributed by atoms with Crippen LogP contribution in [-0.4, -0.2) is 87.5 Å². The highest BCUT2D eigenvalue weighted by Gasteiger charge is 2.44. The molecule has 1 aliphatic rings. The highest BCUT2D eigenvalue weighted by molar-refractivity contribution is 5.76. The third-order valence-corrected chi connectivity index (χ3v) is 10.1. The highest BCUT2D eigenvalue weighted by Crippen LogP contribution is 2.23. The van der Waals surface area contributed by atoms with Crippen molar-refractivity contribution >= 4 is 5.91 Å². The largest absolute Gasteiger partial charge is 0.394 e. The second-order valence-corrected chi connectivity index (χ2v) is 15.3. The minimum absolute atomic E-state index is 0.134. The van der Waals surface area contributed by atoms with Crippen LogP contribution in [0.25, 0.3) is 0 Å². The van der Waals surface area contributed by atoms with Crippen molar-refractivity contribution in [2.24, 2.45) is 5.92 Å². The van der Waals surface area contributed by atoms with E-state index in [1.807, 2.05) is 0 Å². The predicted octanol–water partition coefficient (Wildman–Crippen LogP) is 7.47. The van der Waals surface area contributed by atoms with E-state index in [9.17, 15) is 30.3 Å². The first-order chi connectivity index (χ1) is 23.7. The minimum Gasteiger partial charge on any atom is -0.394 e. The summed E-state index contributed by atoms with van der Waals surface area (Å²) in [6, 6.07) is -0.711. The summed E-state index contributed by atoms with van der Waals surface area (Å²) in [5, 5.41) is 54.1. The van der Waals surface area contributed by atoms with Crippen LogP contribution in [0.3, 0.4) is 0 Å². The number of aliphatic hydroxyl groups excluding tert-OH is 5. The standard InChI is InChI=1S/C40H79NO8/c1-4-5-6-7-8-9-10-11-12-13-17-20-23-26-29-36(44)41-33(31-48-40-39(47)38(46)37(45)35(30-42)49-40)34(43)28-25-22-19-16-14-15-18-21-24-27-32(2)3/h32-35,37-40,42-43,45-47H,4-31H2,1-3H3,(H,41,44)/t33?,34-,35?,37+,38?,39?,40+/m1/s1. The van der Waals surface area contributed by atoms with Crippen LogP contribution in [0.1, 0.15) is 188 Å². The fraction of sp³-hybridized carbons (Fsp3) is 0.975. The van der Waals surface area contributed by atoms with Gasteiger partial charge < -0.3 is 40.3 Å². The smallest absolute Gasteiger partial charge is 0.220 e. The molecule has 0 aromatic heterocycles. The number of aliphatic hydroxyl groups is 5. The molecule has 9 nitrogen and oxygen atoms in total. The van der Waals surface area contributed by atoms with E-state index in [0.29, 0.717) is 12.8 Å². The van der Waals surface area contributed by atoms with Crippen LogP contribution in [0, 0.1) is 5.92 Å². The van der Waals surface area contributed by atoms with Gasteiger partial charge in [0.2, 0.25) is 5.91 Å². The van der Waals surface area contributed by atoms with Crippen LogP contribution in [0.4, 0.5) is 0 Å². The number of amides is 1. The number of ether oxygens (including phenoxy) is 2. The first kappa shape index (κ1) is 46.2. The molecule has 0 spiro atoms. The van der Waals surface area contributed by atoms with Crippen molar-refractivity contribution < 1.29 is 39.8 Å². The Kier molecular flexibility index (Phi) is 29.0. The maximum absolute atomic E-state index is 12.9. The van der Waals surface area contributed by atoms with Gasteiger partial charge in [0, 0.05) is 6.42 Å². The molecule has 0 saturated carbocycles. The van der Waals surface area contributed by atoms with Crippen molar-refractivity contribution in [2.45, 2.75) is 231 Å². The van der Waals surface area contributed by atoms with Gasteiger partial charge in [0.15, 0.2) is 6.29 Å². The molecule has 1 fully saturated rings. The summed E-state index contributed by atoms with van der Waals surface area (Å²) >= 11 is 0. The molecule has 6 N–H and O–H groups in total. The lowest BCUT2D eigenvalue weighted by Crippen LogP contribution is -2.60. The number of carbonyl (C=O) groups is 1. The lowest BCUT2D eigenvalue weighted by Gasteiger charge is -2.40. The number of carbonyl (C=O) groups excluding carboxylic acids is 1. The number of nitrogens with one attached hydrogen (secondary N) is 1. The van der Waals surface area contributed by atoms with E-state index < -0.39 is 49.5 Å². The molecule has 0 aromatic rings. The van der Waals surface area contributed by atoms with Gasteiger partial charge in [0.05, 0.1) is 25.4 Å². The minimum atomic E-state index is -1.55. The molecule has 49 heavy (non-hydrogen) atoms. The Hall–Kier alpha value is -0.810. The van der Waals surface area contributed by atoms with Crippen molar-refractivity contribution in [3.8, 4) is 0 Å². The van der Waals surface area contributed by atoms with E-state index >= 15 is 0 Å². The van der Waals surface area contributed by atoms with Gasteiger partial charge in [0.25, 0.3) is 0 Å². The first-order valence-electron chi connectivity index (χ1n) is 20.6. The van der Waals surface area contributed by atoms with Gasteiger partial charge >= 0.3 is 0 Å². The van der Waals surface area contributed by atoms with Gasteiger partial charge in [-0.2, -0.15) is 0 Å². The Morgan fingerprint density at radius 3 is 1.57 bits per heavy atom. The zero-order valence-corrected chi connectivity index (χ0v) is 31.9. The molecule has 9 heteroatoms. The van der Waals surface area contributed by atoms with E-state index in [2.05, 4.69) is 26.1 Å². The fourth-order valence-electron chi connectivity index (χ4n) is 6.76. The summed E-state index contributed by atoms with van der Waals surface area (Å²) in [6.07, 6.45) is 22.5. The van der Waals surface area contributed by atoms with Crippen LogP contribution in [0.5, 0.6) is 0 Å². The molecular formula is C40H79NO8. The molecule has 292 valence electrons. The van der Waals surface area contributed by atoms with Crippen molar-refractivity contribution in [3.63, 3.8) is 0 Å². The van der Waals surface area contributed by atoms with Crippen LogP contribution in [0.15, 0.2) is 0 Å². The molecule has 0 bridgehead atoms. The molecule has 0 aliphatic carbocycles. The SMILES string of the molecule is CCCCCCCCCCCCCCCCC(=O)NC(CO[C@H]1OC(CO)[C@H](O)C(O)C1O)[C@H](O)CCCCCCCCCCCC(C)C. The zero-order chi connectivity index (χ0) is 36.1. The predicted molar refractivity (Wildman–Crippen MR) is 198 cm³/mol. The molecule has 1 amide bonds. The number of rotatable bonds is 33. The fourth-order valence-corrected chi connectivity index (χ4v) is 6.76. The van der Waals surface area contributed by atoms with E-state index in [1.54, 1.807) is 0 Å². The maximum Gasteiger partial charge on any atom is 0.220 e. The van der Waals surface area contributed by atoms with Gasteiger partial charge in [-0.1, -0.05) is 168 Å². The second-order valence-electron chi connectivity index (χ2n) is 15.3. The van der Waals surface area contributed by atoms with E-state index in [4.69, 9.17) is 9.47 Å². The Balaban J connectivity index is 2.38. The molecule has 0 aromatic carbocycles. The summed E-state index contributed by atoms with van der Waals surface area (Å²) in [5.74, 6) is 0.644. The van der Waals surface area contributed by atoms with Crippen LogP contribution in [0.2, 0.25) is 0 Å². The van der Waals surface area contributed by atoms with Crippen LogP contribution in [-0.2, 0) is 14.3 Å². The molecular weight excluding hydrogens is 622 g/mol. The first-order valence-corrected chi connectivity index (χ1v) is 20.6. The van der Waals surface area contributed by atoms with Crippen molar-refractivity contribution in [1.29, 1.82) is 0 Å². The van der Waals surface area contributed by atoms with Gasteiger partial charge in [-0.25, -0.2) is 0 Å². The molecule has 7 atom stereocenters. The van der Waals surface area contributed by atoms with E-state index in [1.165, 1.54) is 116 Å². The quantitative estimate of drug-likeness (QED) is 0.0386. The van der Waals surface area contributed by atoms with Crippen molar-refractivity contribution in [1.82, 2.24) is 5.32 Å². The average Bonchev–Trinajstić information content (AvgIpc) is 3.08. The number of hydrogen-bond donors (Lipinski definition) is 6. The zero-order valence-electron chi connectivity index (χ0n) is 31.9. The van der Waals surface area contributed by atoms with Gasteiger partial charge in [-0.05, 0) is 18.8 Å². The topological polar surface area (TPSA) is 149 Å². The third-order valence-electron chi connectivity index (χ3n) is 10.1. The monoisotopic (exact) mass is 702 g/mol. The normalized spacial score (nSPS) is 22.4. The third kappa shape index (κ3) is 23.4. The summed E-state index contributed by atoms with van der Waals surface area (Å²) in [4.78, 5) is 12.9. The van der Waals surface area contributed by atoms with Crippen molar-refractivity contribution in [3.05, 3.63) is 0 Å². The molecule has 1 aliphatic heterocycles. The maximum atomic E-state index is 12.9. The second kappa shape index (κ2) is 30.8. The summed E-state index contributed by atoms with van der Waals surface area (Å²) in [7, 11) is 0. The number of hydrogen-bond acceptors (Lipinski definition) is 8. The van der Waals surface area contributed by atoms with Crippen LogP contribution < -0.4 is 5.32 Å². The van der Waals surface area contributed by atoms with Gasteiger partial charge in [0.1, 0.15) is 24.4 Å². The number of unbranched alkanes of at least 4 members (excludes halogenated alkanes) is 21. The highest BCUT2D eigenvalue weighted by atomic mass is 16.7. The molecule has 1 saturated heterocycles. The van der Waals surface area contributed by atoms with Gasteiger partial charge in [-0.15, -0.1) is 0 Å². The average molecular weight is 702 g/mol. The molecule has 4 unspecified atom stereocenters. The Morgan fingerprint density at radius 2 is 1.10 bits per heavy atom. The summed E-state index contributed by atoms with van der Waals surface area (Å²) < 4.78 is 11.2. The van der Waals surface area contributed by atoms with Crippen LogP contribution >= 0.6 is 0 Å². The summed E-state index contributed by atoms with van der Waals surface area (Å²) in [5.41, 5.74) is 0. The molecule has 0 radical (unpaired) electrons. The Labute approximate surface area is 300 Å². The Morgan fingerprint density at radius 1 is 0.653 bits per heavy atom. The lowest BCUT2D eigenvalue weighted by atomic mass is 9.99. The summed E-state index contributed by atoms with van der Waals surface area (Å²) in [6.45, 7) is 6.13. The van der Waals surface area contributed by atoms with E-state index in [-0.39, 0.29) is 12.5 Å². The molecule has 1 heterocycles. The van der Waals surface area contributed by atoms with Gasteiger partial charge in [-0.3, -0.25) is 4.79 Å². The van der Waals surface area contributed by atoms with Crippen molar-refractivity contribution in [2.75, 3.05) is 13.2 Å². The Bertz CT molecular complexity index is 754.